The number of carbonyl (C=O) groups excluding carboxylic acids is 1. The van der Waals surface area contributed by atoms with Crippen LogP contribution in [0.5, 0.6) is 0 Å². The number of guanidine groups is 1. The summed E-state index contributed by atoms with van der Waals surface area (Å²) >= 11 is 0. The minimum absolute atomic E-state index is 0.0687. The quantitative estimate of drug-likeness (QED) is 0.583. The van der Waals surface area contributed by atoms with E-state index >= 15 is 0 Å². The Balaban J connectivity index is 1.86. The molecule has 2 rings (SSSR count). The molecule has 2 saturated heterocycles. The van der Waals surface area contributed by atoms with E-state index in [-0.39, 0.29) is 23.3 Å². The van der Waals surface area contributed by atoms with Gasteiger partial charge in [0.25, 0.3) is 0 Å². The molecule has 2 N–H and O–H groups in total. The van der Waals surface area contributed by atoms with Crippen molar-refractivity contribution in [1.29, 1.82) is 0 Å². The van der Waals surface area contributed by atoms with Crippen LogP contribution in [0.3, 0.4) is 0 Å². The van der Waals surface area contributed by atoms with E-state index in [1.165, 1.54) is 0 Å². The lowest BCUT2D eigenvalue weighted by Gasteiger charge is -2.36. The number of nitrogens with zero attached hydrogens (tertiary/aromatic N) is 2. The van der Waals surface area contributed by atoms with Crippen molar-refractivity contribution in [2.24, 2.45) is 16.3 Å². The molecule has 2 aliphatic heterocycles. The van der Waals surface area contributed by atoms with Crippen LogP contribution in [0.4, 0.5) is 0 Å². The molecule has 0 radical (unpaired) electrons. The van der Waals surface area contributed by atoms with Crippen molar-refractivity contribution in [3.63, 3.8) is 0 Å². The summed E-state index contributed by atoms with van der Waals surface area (Å²) in [4.78, 5) is 18.7. The predicted octanol–water partition coefficient (Wildman–Crippen LogP) is 0.835. The standard InChI is InChI=1S/C16H30N4O2/c1-5-17-15(18-9-16(4)10-22-11-16)19-13-6-7-20(8-13)14(21)12(2)3/h12-13H,5-11H2,1-4H3,(H2,17,18,19). The lowest BCUT2D eigenvalue weighted by atomic mass is 9.89. The van der Waals surface area contributed by atoms with Gasteiger partial charge in [0, 0.05) is 37.0 Å². The van der Waals surface area contributed by atoms with Gasteiger partial charge in [0.15, 0.2) is 5.96 Å². The first kappa shape index (κ1) is 17.1. The molecular formula is C16H30N4O2. The molecule has 0 aromatic heterocycles. The highest BCUT2D eigenvalue weighted by Crippen LogP contribution is 2.26. The molecule has 2 heterocycles. The fourth-order valence-corrected chi connectivity index (χ4v) is 2.77. The normalized spacial score (nSPS) is 24.3. The van der Waals surface area contributed by atoms with E-state index in [4.69, 9.17) is 4.74 Å². The molecule has 22 heavy (non-hydrogen) atoms. The van der Waals surface area contributed by atoms with Crippen molar-refractivity contribution < 1.29 is 9.53 Å². The summed E-state index contributed by atoms with van der Waals surface area (Å²) in [6.45, 7) is 12.9. The van der Waals surface area contributed by atoms with E-state index in [1.54, 1.807) is 0 Å². The maximum absolute atomic E-state index is 12.0. The van der Waals surface area contributed by atoms with E-state index in [0.29, 0.717) is 0 Å². The highest BCUT2D eigenvalue weighted by Gasteiger charge is 2.33. The summed E-state index contributed by atoms with van der Waals surface area (Å²) in [6.07, 6.45) is 0.975. The van der Waals surface area contributed by atoms with Gasteiger partial charge >= 0.3 is 0 Å². The van der Waals surface area contributed by atoms with Crippen molar-refractivity contribution in [3.05, 3.63) is 0 Å². The number of carbonyl (C=O) groups is 1. The van der Waals surface area contributed by atoms with Gasteiger partial charge in [-0.1, -0.05) is 20.8 Å². The highest BCUT2D eigenvalue weighted by atomic mass is 16.5. The van der Waals surface area contributed by atoms with Crippen molar-refractivity contribution in [3.8, 4) is 0 Å². The van der Waals surface area contributed by atoms with Gasteiger partial charge in [-0.05, 0) is 13.3 Å². The van der Waals surface area contributed by atoms with Crippen LogP contribution in [0, 0.1) is 11.3 Å². The second kappa shape index (κ2) is 7.31. The molecule has 0 aliphatic carbocycles. The van der Waals surface area contributed by atoms with E-state index in [1.807, 2.05) is 18.7 Å². The Morgan fingerprint density at radius 1 is 1.45 bits per heavy atom. The zero-order chi connectivity index (χ0) is 16.2. The van der Waals surface area contributed by atoms with Gasteiger partial charge in [-0.3, -0.25) is 9.79 Å². The minimum Gasteiger partial charge on any atom is -0.380 e. The van der Waals surface area contributed by atoms with Gasteiger partial charge in [0.05, 0.1) is 19.8 Å². The third kappa shape index (κ3) is 4.35. The number of amides is 1. The van der Waals surface area contributed by atoms with Crippen LogP contribution in [0.15, 0.2) is 4.99 Å². The average Bonchev–Trinajstić information content (AvgIpc) is 2.90. The van der Waals surface area contributed by atoms with Crippen LogP contribution in [0.1, 0.15) is 34.1 Å². The number of likely N-dealkylation sites (tertiary alicyclic amines) is 1. The highest BCUT2D eigenvalue weighted by molar-refractivity contribution is 5.81. The van der Waals surface area contributed by atoms with Crippen molar-refractivity contribution in [2.45, 2.75) is 40.2 Å². The first-order chi connectivity index (χ1) is 10.4. The van der Waals surface area contributed by atoms with Gasteiger partial charge in [0.1, 0.15) is 0 Å². The topological polar surface area (TPSA) is 66.0 Å². The third-order valence-corrected chi connectivity index (χ3v) is 4.20. The summed E-state index contributed by atoms with van der Waals surface area (Å²) in [6, 6.07) is 0.283. The maximum atomic E-state index is 12.0. The minimum atomic E-state index is 0.0687. The number of nitrogens with one attached hydrogen (secondary N) is 2. The Kier molecular flexibility index (Phi) is 5.67. The molecule has 6 nitrogen and oxygen atoms in total. The Hall–Kier alpha value is -1.30. The predicted molar refractivity (Wildman–Crippen MR) is 87.9 cm³/mol. The summed E-state index contributed by atoms with van der Waals surface area (Å²) in [5.41, 5.74) is 0.178. The number of hydrogen-bond acceptors (Lipinski definition) is 3. The van der Waals surface area contributed by atoms with E-state index in [0.717, 1.165) is 51.8 Å². The Bertz CT molecular complexity index is 418. The smallest absolute Gasteiger partial charge is 0.225 e. The molecule has 2 fully saturated rings. The summed E-state index contributed by atoms with van der Waals surface area (Å²) in [7, 11) is 0. The average molecular weight is 310 g/mol. The van der Waals surface area contributed by atoms with Crippen LogP contribution in [0.25, 0.3) is 0 Å². The fourth-order valence-electron chi connectivity index (χ4n) is 2.77. The number of rotatable bonds is 5. The largest absolute Gasteiger partial charge is 0.380 e. The SMILES string of the molecule is CCNC(=NCC1(C)COC1)NC1CCN(C(=O)C(C)C)C1. The molecule has 126 valence electrons. The molecule has 0 aromatic rings. The van der Waals surface area contributed by atoms with Crippen molar-refractivity contribution >= 4 is 11.9 Å². The monoisotopic (exact) mass is 310 g/mol. The van der Waals surface area contributed by atoms with Gasteiger partial charge in [0.2, 0.25) is 5.91 Å². The van der Waals surface area contributed by atoms with Gasteiger partial charge in [-0.2, -0.15) is 0 Å². The molecule has 6 heteroatoms. The van der Waals surface area contributed by atoms with Gasteiger partial charge in [-0.25, -0.2) is 0 Å². The molecule has 1 amide bonds. The molecule has 0 bridgehead atoms. The second-order valence-corrected chi connectivity index (χ2v) is 7.07. The molecule has 1 unspecified atom stereocenters. The third-order valence-electron chi connectivity index (χ3n) is 4.20. The first-order valence-corrected chi connectivity index (χ1v) is 8.35. The van der Waals surface area contributed by atoms with Gasteiger partial charge < -0.3 is 20.3 Å². The van der Waals surface area contributed by atoms with Crippen molar-refractivity contribution in [1.82, 2.24) is 15.5 Å². The zero-order valence-corrected chi connectivity index (χ0v) is 14.3. The lowest BCUT2D eigenvalue weighted by Crippen LogP contribution is -2.47. The van der Waals surface area contributed by atoms with Gasteiger partial charge in [-0.15, -0.1) is 0 Å². The summed E-state index contributed by atoms with van der Waals surface area (Å²) < 4.78 is 5.27. The van der Waals surface area contributed by atoms with Crippen molar-refractivity contribution in [2.75, 3.05) is 39.4 Å². The van der Waals surface area contributed by atoms with E-state index in [9.17, 15) is 4.79 Å². The van der Waals surface area contributed by atoms with Crippen LogP contribution in [-0.2, 0) is 9.53 Å². The maximum Gasteiger partial charge on any atom is 0.225 e. The Morgan fingerprint density at radius 3 is 2.73 bits per heavy atom. The molecule has 1 atom stereocenters. The number of ether oxygens (including phenoxy) is 1. The lowest BCUT2D eigenvalue weighted by molar-refractivity contribution is -0.133. The Morgan fingerprint density at radius 2 is 2.18 bits per heavy atom. The number of aliphatic imine (C=N–C) groups is 1. The molecule has 0 spiro atoms. The van der Waals surface area contributed by atoms with E-state index in [2.05, 4.69) is 29.5 Å². The number of hydrogen-bond donors (Lipinski definition) is 2. The molecule has 0 aromatic carbocycles. The molecule has 2 aliphatic rings. The Labute approximate surface area is 133 Å². The van der Waals surface area contributed by atoms with Crippen LogP contribution < -0.4 is 10.6 Å². The van der Waals surface area contributed by atoms with E-state index < -0.39 is 0 Å². The molecule has 0 saturated carbocycles. The van der Waals surface area contributed by atoms with Crippen LogP contribution >= 0.6 is 0 Å². The fraction of sp³-hybridized carbons (Fsp3) is 0.875. The second-order valence-electron chi connectivity index (χ2n) is 7.07. The molecular weight excluding hydrogens is 280 g/mol. The van der Waals surface area contributed by atoms with Crippen LogP contribution in [0.2, 0.25) is 0 Å². The first-order valence-electron chi connectivity index (χ1n) is 8.35. The van der Waals surface area contributed by atoms with Crippen LogP contribution in [-0.4, -0.2) is 62.2 Å². The summed E-state index contributed by atoms with van der Waals surface area (Å²) in [5, 5.41) is 6.76. The summed E-state index contributed by atoms with van der Waals surface area (Å²) in [5.74, 6) is 1.16. The zero-order valence-electron chi connectivity index (χ0n) is 14.3.